The molecule has 8 nitrogen and oxygen atoms in total. The summed E-state index contributed by atoms with van der Waals surface area (Å²) in [5, 5.41) is 0.457. The highest BCUT2D eigenvalue weighted by Crippen LogP contribution is 2.32. The maximum Gasteiger partial charge on any atom is 0.265 e. The summed E-state index contributed by atoms with van der Waals surface area (Å²) in [6.45, 7) is 4.88. The molecule has 0 aliphatic carbocycles. The van der Waals surface area contributed by atoms with E-state index in [1.165, 1.54) is 0 Å². The van der Waals surface area contributed by atoms with Gasteiger partial charge in [0.25, 0.3) is 5.56 Å². The molecule has 0 saturated carbocycles. The molecule has 31 heavy (non-hydrogen) atoms. The van der Waals surface area contributed by atoms with Crippen molar-refractivity contribution in [2.45, 2.75) is 13.1 Å². The highest BCUT2D eigenvalue weighted by Gasteiger charge is 2.20. The molecule has 8 heteroatoms. The predicted octanol–water partition coefficient (Wildman–Crippen LogP) is 3.26. The molecule has 0 atom stereocenters. The summed E-state index contributed by atoms with van der Waals surface area (Å²) in [5.41, 5.74) is 3.98. The number of hydrogen-bond donors (Lipinski definition) is 0. The molecule has 0 bridgehead atoms. The first-order chi connectivity index (χ1) is 15.2. The van der Waals surface area contributed by atoms with Gasteiger partial charge in [-0.1, -0.05) is 24.3 Å². The van der Waals surface area contributed by atoms with Crippen LogP contribution in [-0.4, -0.2) is 30.9 Å². The van der Waals surface area contributed by atoms with Crippen LogP contribution in [0.5, 0.6) is 11.5 Å². The molecule has 3 aromatic heterocycles. The van der Waals surface area contributed by atoms with Gasteiger partial charge in [0.05, 0.1) is 17.6 Å². The third-order valence-corrected chi connectivity index (χ3v) is 5.42. The van der Waals surface area contributed by atoms with Crippen LogP contribution in [-0.2, 0) is 13.1 Å². The van der Waals surface area contributed by atoms with Crippen molar-refractivity contribution in [2.24, 2.45) is 0 Å². The Labute approximate surface area is 176 Å². The van der Waals surface area contributed by atoms with Crippen LogP contribution < -0.4 is 15.0 Å². The maximum atomic E-state index is 13.5. The van der Waals surface area contributed by atoms with Crippen LogP contribution in [0.25, 0.3) is 33.2 Å². The van der Waals surface area contributed by atoms with Crippen LogP contribution in [0, 0.1) is 0 Å². The van der Waals surface area contributed by atoms with Crippen LogP contribution in [0.4, 0.5) is 0 Å². The lowest BCUT2D eigenvalue weighted by molar-refractivity contribution is 0.174. The first-order valence-corrected chi connectivity index (χ1v) is 9.86. The van der Waals surface area contributed by atoms with Gasteiger partial charge < -0.3 is 14.0 Å². The lowest BCUT2D eigenvalue weighted by Crippen LogP contribution is -2.21. The molecule has 4 heterocycles. The van der Waals surface area contributed by atoms with Gasteiger partial charge in [0.2, 0.25) is 6.79 Å². The van der Waals surface area contributed by atoms with Crippen molar-refractivity contribution in [3.8, 4) is 11.5 Å². The van der Waals surface area contributed by atoms with Gasteiger partial charge in [0.1, 0.15) is 17.2 Å². The molecule has 5 aromatic rings. The number of nitrogens with zero attached hydrogens (tertiary/aromatic N) is 5. The molecule has 0 fully saturated rings. The molecule has 0 radical (unpaired) electrons. The van der Waals surface area contributed by atoms with Gasteiger partial charge in [-0.3, -0.25) is 9.36 Å². The summed E-state index contributed by atoms with van der Waals surface area (Å²) in [6, 6.07) is 13.3. The van der Waals surface area contributed by atoms with Crippen LogP contribution in [0.3, 0.4) is 0 Å². The lowest BCUT2D eigenvalue weighted by Gasteiger charge is -2.07. The Kier molecular flexibility index (Phi) is 3.79. The van der Waals surface area contributed by atoms with E-state index >= 15 is 0 Å². The smallest absolute Gasteiger partial charge is 0.265 e. The topological polar surface area (TPSA) is 84.1 Å². The average molecular weight is 411 g/mol. The number of fused-ring (bicyclic) bond motifs is 5. The molecular formula is C23H17N5O3. The molecule has 0 amide bonds. The Morgan fingerprint density at radius 2 is 1.84 bits per heavy atom. The number of para-hydroxylation sites is 2. The third kappa shape index (κ3) is 2.68. The zero-order chi connectivity index (χ0) is 20.9. The second-order valence-corrected chi connectivity index (χ2v) is 7.35. The highest BCUT2D eigenvalue weighted by atomic mass is 16.7. The van der Waals surface area contributed by atoms with Crippen molar-refractivity contribution in [1.29, 1.82) is 0 Å². The lowest BCUT2D eigenvalue weighted by atomic mass is 10.2. The van der Waals surface area contributed by atoms with Gasteiger partial charge >= 0.3 is 0 Å². The van der Waals surface area contributed by atoms with Gasteiger partial charge in [0.15, 0.2) is 22.8 Å². The van der Waals surface area contributed by atoms with Crippen molar-refractivity contribution in [1.82, 2.24) is 24.1 Å². The monoisotopic (exact) mass is 411 g/mol. The van der Waals surface area contributed by atoms with Crippen molar-refractivity contribution < 1.29 is 9.47 Å². The molecule has 1 aliphatic rings. The minimum atomic E-state index is -0.167. The third-order valence-electron chi connectivity index (χ3n) is 5.42. The fourth-order valence-electron chi connectivity index (χ4n) is 3.99. The van der Waals surface area contributed by atoms with Gasteiger partial charge in [-0.15, -0.1) is 6.58 Å². The first-order valence-electron chi connectivity index (χ1n) is 9.86. The van der Waals surface area contributed by atoms with E-state index in [1.807, 2.05) is 47.0 Å². The number of ether oxygens (including phenoxy) is 2. The number of allylic oxidation sites excluding steroid dienone is 1. The minimum absolute atomic E-state index is 0.167. The standard InChI is InChI=1S/C23H17N5O3/c1-2-9-28-21-19(20-22(28)26-16-6-4-3-5-15(16)25-20)23(29)27(12-24-21)11-14-7-8-17-18(10-14)31-13-30-17/h2-8,10,12H,1,9,11,13H2. The molecule has 0 saturated heterocycles. The summed E-state index contributed by atoms with van der Waals surface area (Å²) in [5.74, 6) is 1.39. The molecule has 0 unspecified atom stereocenters. The quantitative estimate of drug-likeness (QED) is 0.422. The average Bonchev–Trinajstić information content (AvgIpc) is 3.37. The van der Waals surface area contributed by atoms with E-state index in [0.717, 1.165) is 16.6 Å². The van der Waals surface area contributed by atoms with Crippen molar-refractivity contribution in [3.05, 3.63) is 77.4 Å². The van der Waals surface area contributed by atoms with E-state index in [-0.39, 0.29) is 12.4 Å². The Balaban J connectivity index is 1.57. The normalized spacial score (nSPS) is 12.8. The largest absolute Gasteiger partial charge is 0.454 e. The predicted molar refractivity (Wildman–Crippen MR) is 116 cm³/mol. The zero-order valence-electron chi connectivity index (χ0n) is 16.5. The van der Waals surface area contributed by atoms with E-state index in [1.54, 1.807) is 17.0 Å². The SMILES string of the molecule is C=CCn1c2nc3ccccc3nc2c2c(=O)n(Cc3ccc4c(c3)OCO4)cnc21. The Morgan fingerprint density at radius 1 is 1.03 bits per heavy atom. The first kappa shape index (κ1) is 17.6. The number of aromatic nitrogens is 5. The van der Waals surface area contributed by atoms with E-state index in [4.69, 9.17) is 19.4 Å². The van der Waals surface area contributed by atoms with Crippen molar-refractivity contribution in [2.75, 3.05) is 6.79 Å². The zero-order valence-corrected chi connectivity index (χ0v) is 16.5. The van der Waals surface area contributed by atoms with Gasteiger partial charge in [-0.2, -0.15) is 0 Å². The molecule has 6 rings (SSSR count). The summed E-state index contributed by atoms with van der Waals surface area (Å²) < 4.78 is 14.3. The maximum absolute atomic E-state index is 13.5. The molecule has 0 spiro atoms. The minimum Gasteiger partial charge on any atom is -0.454 e. The van der Waals surface area contributed by atoms with Crippen LogP contribution >= 0.6 is 0 Å². The summed E-state index contributed by atoms with van der Waals surface area (Å²) in [4.78, 5) is 27.6. The Morgan fingerprint density at radius 3 is 2.68 bits per heavy atom. The molecule has 1 aliphatic heterocycles. The summed E-state index contributed by atoms with van der Waals surface area (Å²) in [6.07, 6.45) is 3.32. The number of rotatable bonds is 4. The second kappa shape index (κ2) is 6.66. The number of benzene rings is 2. The van der Waals surface area contributed by atoms with Crippen LogP contribution in [0.1, 0.15) is 5.56 Å². The van der Waals surface area contributed by atoms with Crippen LogP contribution in [0.15, 0.2) is 66.2 Å². The Bertz CT molecular complexity index is 1570. The fourth-order valence-corrected chi connectivity index (χ4v) is 3.99. The second-order valence-electron chi connectivity index (χ2n) is 7.35. The fraction of sp³-hybridized carbons (Fsp3) is 0.130. The highest BCUT2D eigenvalue weighted by molar-refractivity contribution is 6.04. The van der Waals surface area contributed by atoms with Gasteiger partial charge in [-0.25, -0.2) is 15.0 Å². The van der Waals surface area contributed by atoms with E-state index in [0.29, 0.717) is 46.8 Å². The van der Waals surface area contributed by atoms with Crippen molar-refractivity contribution in [3.63, 3.8) is 0 Å². The van der Waals surface area contributed by atoms with Crippen molar-refractivity contribution >= 4 is 33.2 Å². The molecular weight excluding hydrogens is 394 g/mol. The Hall–Kier alpha value is -4.20. The van der Waals surface area contributed by atoms with Gasteiger partial charge in [0, 0.05) is 6.54 Å². The van der Waals surface area contributed by atoms with Crippen LogP contribution in [0.2, 0.25) is 0 Å². The number of hydrogen-bond acceptors (Lipinski definition) is 6. The summed E-state index contributed by atoms with van der Waals surface area (Å²) in [7, 11) is 0. The van der Waals surface area contributed by atoms with E-state index < -0.39 is 0 Å². The molecule has 152 valence electrons. The van der Waals surface area contributed by atoms with Gasteiger partial charge in [-0.05, 0) is 29.8 Å². The molecule has 0 N–H and O–H groups in total. The van der Waals surface area contributed by atoms with E-state index in [2.05, 4.69) is 11.6 Å². The summed E-state index contributed by atoms with van der Waals surface area (Å²) >= 11 is 0. The molecule has 2 aromatic carbocycles. The van der Waals surface area contributed by atoms with E-state index in [9.17, 15) is 4.79 Å².